The van der Waals surface area contributed by atoms with Crippen molar-refractivity contribution in [1.82, 2.24) is 0 Å². The summed E-state index contributed by atoms with van der Waals surface area (Å²) >= 11 is 0. The van der Waals surface area contributed by atoms with E-state index in [9.17, 15) is 5.11 Å². The Balaban J connectivity index is 3.32. The Morgan fingerprint density at radius 1 is 1.33 bits per heavy atom. The summed E-state index contributed by atoms with van der Waals surface area (Å²) in [5, 5.41) is 9.32. The molecule has 1 heteroatoms. The Morgan fingerprint density at radius 2 is 1.89 bits per heavy atom. The van der Waals surface area contributed by atoms with Gasteiger partial charge < -0.3 is 5.11 Å². The van der Waals surface area contributed by atoms with Crippen LogP contribution in [0.25, 0.3) is 0 Å². The van der Waals surface area contributed by atoms with Crippen molar-refractivity contribution in [3.8, 4) is 0 Å². The van der Waals surface area contributed by atoms with Crippen molar-refractivity contribution in [2.75, 3.05) is 0 Å². The molecule has 0 amide bonds. The fraction of sp³-hybridized carbons (Fsp3) is 1.00. The van der Waals surface area contributed by atoms with Gasteiger partial charge in [0.2, 0.25) is 0 Å². The van der Waals surface area contributed by atoms with E-state index in [-0.39, 0.29) is 6.10 Å². The molecule has 0 aliphatic heterocycles. The van der Waals surface area contributed by atoms with Crippen molar-refractivity contribution in [3.05, 3.63) is 0 Å². The zero-order valence-corrected chi connectivity index (χ0v) is 6.72. The number of hydrogen-bond acceptors (Lipinski definition) is 1. The summed E-state index contributed by atoms with van der Waals surface area (Å²) < 4.78 is 0. The lowest BCUT2D eigenvalue weighted by molar-refractivity contribution is 0.105. The molecule has 0 fully saturated rings. The van der Waals surface area contributed by atoms with Crippen LogP contribution < -0.4 is 0 Å². The van der Waals surface area contributed by atoms with Crippen molar-refractivity contribution in [1.29, 1.82) is 0 Å². The smallest absolute Gasteiger partial charge is 0.0565 e. The van der Waals surface area contributed by atoms with E-state index in [1.54, 1.807) is 0 Å². The van der Waals surface area contributed by atoms with Crippen LogP contribution in [0.3, 0.4) is 0 Å². The highest BCUT2D eigenvalue weighted by Crippen LogP contribution is 2.11. The quantitative estimate of drug-likeness (QED) is 0.618. The van der Waals surface area contributed by atoms with E-state index in [1.807, 2.05) is 0 Å². The van der Waals surface area contributed by atoms with Gasteiger partial charge in [0, 0.05) is 0 Å². The maximum atomic E-state index is 9.32. The highest BCUT2D eigenvalue weighted by atomic mass is 16.3. The van der Waals surface area contributed by atoms with Gasteiger partial charge in [-0.05, 0) is 12.3 Å². The van der Waals surface area contributed by atoms with Gasteiger partial charge in [-0.15, -0.1) is 0 Å². The topological polar surface area (TPSA) is 20.2 Å². The summed E-state index contributed by atoms with van der Waals surface area (Å²) in [4.78, 5) is 0. The molecular formula is C8H18O. The van der Waals surface area contributed by atoms with E-state index in [0.29, 0.717) is 5.92 Å². The van der Waals surface area contributed by atoms with Gasteiger partial charge in [0.1, 0.15) is 0 Å². The molecule has 0 radical (unpaired) electrons. The molecule has 0 rings (SSSR count). The second kappa shape index (κ2) is 4.80. The molecule has 1 N–H and O–H groups in total. The third kappa shape index (κ3) is 3.52. The van der Waals surface area contributed by atoms with E-state index in [0.717, 1.165) is 19.3 Å². The largest absolute Gasteiger partial charge is 0.393 e. The Hall–Kier alpha value is -0.0400. The second-order valence-electron chi connectivity index (χ2n) is 2.74. The molecule has 0 spiro atoms. The van der Waals surface area contributed by atoms with Crippen molar-refractivity contribution in [2.45, 2.75) is 46.1 Å². The molecule has 0 aromatic rings. The van der Waals surface area contributed by atoms with E-state index < -0.39 is 0 Å². The molecule has 0 saturated heterocycles. The fourth-order valence-corrected chi connectivity index (χ4v) is 0.852. The predicted molar refractivity (Wildman–Crippen MR) is 40.4 cm³/mol. The first-order valence-corrected chi connectivity index (χ1v) is 3.90. The van der Waals surface area contributed by atoms with E-state index in [4.69, 9.17) is 0 Å². The van der Waals surface area contributed by atoms with Gasteiger partial charge in [-0.25, -0.2) is 0 Å². The van der Waals surface area contributed by atoms with E-state index in [2.05, 4.69) is 20.8 Å². The Labute approximate surface area is 58.1 Å². The van der Waals surface area contributed by atoms with Gasteiger partial charge in [-0.3, -0.25) is 0 Å². The van der Waals surface area contributed by atoms with Crippen LogP contribution in [-0.4, -0.2) is 11.2 Å². The summed E-state index contributed by atoms with van der Waals surface area (Å²) in [7, 11) is 0. The minimum absolute atomic E-state index is 0.0694. The van der Waals surface area contributed by atoms with E-state index >= 15 is 0 Å². The number of rotatable bonds is 4. The summed E-state index contributed by atoms with van der Waals surface area (Å²) in [5.41, 5.74) is 0. The molecule has 0 aliphatic rings. The highest BCUT2D eigenvalue weighted by molar-refractivity contribution is 4.61. The summed E-state index contributed by atoms with van der Waals surface area (Å²) in [5.74, 6) is 0.477. The fourth-order valence-electron chi connectivity index (χ4n) is 0.852. The molecule has 0 aromatic heterocycles. The molecule has 0 aliphatic carbocycles. The van der Waals surface area contributed by atoms with Crippen LogP contribution in [0.1, 0.15) is 40.0 Å². The number of aliphatic hydroxyl groups excluding tert-OH is 1. The first-order valence-electron chi connectivity index (χ1n) is 3.90. The monoisotopic (exact) mass is 130 g/mol. The van der Waals surface area contributed by atoms with Crippen molar-refractivity contribution < 1.29 is 5.11 Å². The van der Waals surface area contributed by atoms with Crippen LogP contribution in [0.15, 0.2) is 0 Å². The van der Waals surface area contributed by atoms with Crippen LogP contribution in [0.5, 0.6) is 0 Å². The molecular weight excluding hydrogens is 112 g/mol. The third-order valence-corrected chi connectivity index (χ3v) is 1.89. The average Bonchev–Trinajstić information content (AvgIpc) is 1.87. The first-order chi connectivity index (χ1) is 4.22. The number of aliphatic hydroxyl groups is 1. The molecule has 0 heterocycles. The summed E-state index contributed by atoms with van der Waals surface area (Å²) in [6.45, 7) is 6.31. The normalized spacial score (nSPS) is 17.3. The summed E-state index contributed by atoms with van der Waals surface area (Å²) in [6.07, 6.45) is 3.06. The lowest BCUT2D eigenvalue weighted by Gasteiger charge is -2.15. The highest BCUT2D eigenvalue weighted by Gasteiger charge is 2.09. The Bertz CT molecular complexity index is 61.6. The van der Waals surface area contributed by atoms with Crippen molar-refractivity contribution in [3.63, 3.8) is 0 Å². The maximum absolute atomic E-state index is 9.32. The third-order valence-electron chi connectivity index (χ3n) is 1.89. The zero-order chi connectivity index (χ0) is 7.28. The van der Waals surface area contributed by atoms with Crippen LogP contribution in [0.4, 0.5) is 0 Å². The minimum Gasteiger partial charge on any atom is -0.393 e. The lowest BCUT2D eigenvalue weighted by atomic mass is 9.98. The SMILES string of the molecule is CCC[C@H](O)[C@H](C)CC. The van der Waals surface area contributed by atoms with Gasteiger partial charge in [-0.2, -0.15) is 0 Å². The summed E-state index contributed by atoms with van der Waals surface area (Å²) in [6, 6.07) is 0. The molecule has 2 atom stereocenters. The Morgan fingerprint density at radius 3 is 2.22 bits per heavy atom. The zero-order valence-electron chi connectivity index (χ0n) is 6.72. The van der Waals surface area contributed by atoms with Gasteiger partial charge in [0.25, 0.3) is 0 Å². The van der Waals surface area contributed by atoms with Gasteiger partial charge in [0.05, 0.1) is 6.10 Å². The molecule has 0 saturated carbocycles. The molecule has 0 aromatic carbocycles. The molecule has 0 bridgehead atoms. The van der Waals surface area contributed by atoms with E-state index in [1.165, 1.54) is 0 Å². The average molecular weight is 130 g/mol. The molecule has 0 unspecified atom stereocenters. The minimum atomic E-state index is -0.0694. The van der Waals surface area contributed by atoms with Crippen LogP contribution in [-0.2, 0) is 0 Å². The maximum Gasteiger partial charge on any atom is 0.0565 e. The first kappa shape index (κ1) is 8.96. The van der Waals surface area contributed by atoms with Crippen molar-refractivity contribution in [2.24, 2.45) is 5.92 Å². The predicted octanol–water partition coefficient (Wildman–Crippen LogP) is 2.19. The second-order valence-corrected chi connectivity index (χ2v) is 2.74. The number of hydrogen-bond donors (Lipinski definition) is 1. The molecule has 9 heavy (non-hydrogen) atoms. The standard InChI is InChI=1S/C8H18O/c1-4-6-8(9)7(3)5-2/h7-9H,4-6H2,1-3H3/t7-,8+/m1/s1. The van der Waals surface area contributed by atoms with Gasteiger partial charge >= 0.3 is 0 Å². The molecule has 1 nitrogen and oxygen atoms in total. The van der Waals surface area contributed by atoms with Crippen LogP contribution in [0.2, 0.25) is 0 Å². The van der Waals surface area contributed by atoms with Crippen LogP contribution >= 0.6 is 0 Å². The Kier molecular flexibility index (Phi) is 4.78. The van der Waals surface area contributed by atoms with Crippen molar-refractivity contribution >= 4 is 0 Å². The lowest BCUT2D eigenvalue weighted by Crippen LogP contribution is -2.15. The van der Waals surface area contributed by atoms with Crippen LogP contribution in [0, 0.1) is 5.92 Å². The molecule has 56 valence electrons. The van der Waals surface area contributed by atoms with Gasteiger partial charge in [-0.1, -0.05) is 33.6 Å². The van der Waals surface area contributed by atoms with Gasteiger partial charge in [0.15, 0.2) is 0 Å².